The number of fused-ring (bicyclic) bond motifs is 1. The molecule has 2 heterocycles. The van der Waals surface area contributed by atoms with E-state index in [9.17, 15) is 13.6 Å². The fraction of sp³-hybridized carbons (Fsp3) is 0.150. The van der Waals surface area contributed by atoms with Crippen molar-refractivity contribution in [2.24, 2.45) is 0 Å². The average Bonchev–Trinajstić information content (AvgIpc) is 3.08. The van der Waals surface area contributed by atoms with E-state index in [0.29, 0.717) is 13.1 Å². The van der Waals surface area contributed by atoms with Crippen LogP contribution >= 0.6 is 0 Å². The highest BCUT2D eigenvalue weighted by Crippen LogP contribution is 2.29. The van der Waals surface area contributed by atoms with Gasteiger partial charge in [0.25, 0.3) is 5.91 Å². The normalized spacial score (nSPS) is 14.6. The van der Waals surface area contributed by atoms with Crippen LogP contribution in [0.3, 0.4) is 0 Å². The van der Waals surface area contributed by atoms with E-state index in [1.807, 2.05) is 30.5 Å². The molecule has 0 saturated carbocycles. The van der Waals surface area contributed by atoms with Gasteiger partial charge in [-0.05, 0) is 36.3 Å². The van der Waals surface area contributed by atoms with E-state index in [2.05, 4.69) is 11.1 Å². The van der Waals surface area contributed by atoms with Crippen LogP contribution in [0.15, 0.2) is 54.7 Å². The first-order chi connectivity index (χ1) is 12.1. The highest BCUT2D eigenvalue weighted by atomic mass is 19.2. The Bertz CT molecular complexity index is 990. The van der Waals surface area contributed by atoms with Gasteiger partial charge in [-0.1, -0.05) is 24.3 Å². The van der Waals surface area contributed by atoms with E-state index in [1.54, 1.807) is 4.90 Å². The summed E-state index contributed by atoms with van der Waals surface area (Å²) in [6, 6.07) is 11.3. The molecule has 1 N–H and O–H groups in total. The van der Waals surface area contributed by atoms with E-state index in [4.69, 9.17) is 0 Å². The molecule has 0 fully saturated rings. The molecular weight excluding hydrogens is 322 g/mol. The lowest BCUT2D eigenvalue weighted by atomic mass is 9.98. The first-order valence-corrected chi connectivity index (χ1v) is 8.13. The number of nitrogens with one attached hydrogen (secondary N) is 1. The summed E-state index contributed by atoms with van der Waals surface area (Å²) in [7, 11) is 0. The largest absolute Gasteiger partial charge is 0.361 e. The van der Waals surface area contributed by atoms with Gasteiger partial charge in [-0.15, -0.1) is 0 Å². The average molecular weight is 338 g/mol. The van der Waals surface area contributed by atoms with Crippen molar-refractivity contribution in [3.8, 4) is 0 Å². The van der Waals surface area contributed by atoms with E-state index in [0.717, 1.165) is 35.0 Å². The monoisotopic (exact) mass is 338 g/mol. The molecule has 0 bridgehead atoms. The van der Waals surface area contributed by atoms with Crippen molar-refractivity contribution < 1.29 is 13.6 Å². The minimum Gasteiger partial charge on any atom is -0.361 e. The van der Waals surface area contributed by atoms with Gasteiger partial charge in [0.1, 0.15) is 0 Å². The summed E-state index contributed by atoms with van der Waals surface area (Å²) in [5.74, 6) is -2.23. The number of carbonyl (C=O) groups excluding carboxylic acids is 1. The molecule has 0 aliphatic carbocycles. The van der Waals surface area contributed by atoms with Gasteiger partial charge in [-0.2, -0.15) is 0 Å². The molecule has 5 heteroatoms. The highest BCUT2D eigenvalue weighted by molar-refractivity contribution is 5.96. The van der Waals surface area contributed by atoms with Crippen molar-refractivity contribution in [1.82, 2.24) is 9.88 Å². The Hall–Kier alpha value is -2.95. The molecule has 0 atom stereocenters. The van der Waals surface area contributed by atoms with Crippen molar-refractivity contribution in [2.75, 3.05) is 13.1 Å². The molecule has 0 spiro atoms. The van der Waals surface area contributed by atoms with Crippen LogP contribution in [0.25, 0.3) is 16.5 Å². The zero-order chi connectivity index (χ0) is 17.4. The van der Waals surface area contributed by atoms with Crippen LogP contribution < -0.4 is 0 Å². The Morgan fingerprint density at radius 3 is 2.68 bits per heavy atom. The maximum atomic E-state index is 13.3. The second kappa shape index (κ2) is 6.16. The number of carbonyl (C=O) groups is 1. The number of aromatic amines is 1. The fourth-order valence-corrected chi connectivity index (χ4v) is 3.25. The predicted molar refractivity (Wildman–Crippen MR) is 93.2 cm³/mol. The van der Waals surface area contributed by atoms with Gasteiger partial charge in [0.05, 0.1) is 0 Å². The third-order valence-corrected chi connectivity index (χ3v) is 4.60. The third-order valence-electron chi connectivity index (χ3n) is 4.60. The van der Waals surface area contributed by atoms with Crippen LogP contribution in [0.4, 0.5) is 8.78 Å². The summed E-state index contributed by atoms with van der Waals surface area (Å²) >= 11 is 0. The van der Waals surface area contributed by atoms with Crippen LogP contribution in [0, 0.1) is 11.6 Å². The lowest BCUT2D eigenvalue weighted by Crippen LogP contribution is -2.34. The zero-order valence-corrected chi connectivity index (χ0v) is 13.4. The van der Waals surface area contributed by atoms with Gasteiger partial charge in [0.15, 0.2) is 11.6 Å². The Kier molecular flexibility index (Phi) is 3.84. The molecule has 3 nitrogen and oxygen atoms in total. The molecule has 0 radical (unpaired) electrons. The van der Waals surface area contributed by atoms with Gasteiger partial charge in [-0.3, -0.25) is 4.79 Å². The highest BCUT2D eigenvalue weighted by Gasteiger charge is 2.21. The smallest absolute Gasteiger partial charge is 0.254 e. The number of halogens is 2. The SMILES string of the molecule is O=C(c1ccc(F)c(F)c1)N1CC=C(c2c[nH]c3ccccc23)CC1. The maximum absolute atomic E-state index is 13.3. The minimum absolute atomic E-state index is 0.169. The molecule has 4 rings (SSSR count). The number of amides is 1. The number of hydrogen-bond donors (Lipinski definition) is 1. The molecule has 25 heavy (non-hydrogen) atoms. The Labute approximate surface area is 143 Å². The van der Waals surface area contributed by atoms with Gasteiger partial charge >= 0.3 is 0 Å². The molecule has 2 aromatic carbocycles. The van der Waals surface area contributed by atoms with Gasteiger partial charge in [-0.25, -0.2) is 8.78 Å². The summed E-state index contributed by atoms with van der Waals surface area (Å²) < 4.78 is 26.4. The summed E-state index contributed by atoms with van der Waals surface area (Å²) in [6.45, 7) is 0.996. The number of benzene rings is 2. The van der Waals surface area contributed by atoms with Gasteiger partial charge < -0.3 is 9.88 Å². The first kappa shape index (κ1) is 15.6. The number of aromatic nitrogens is 1. The topological polar surface area (TPSA) is 36.1 Å². The predicted octanol–water partition coefficient (Wildman–Crippen LogP) is 4.38. The summed E-state index contributed by atoms with van der Waals surface area (Å²) in [5.41, 5.74) is 3.59. The van der Waals surface area contributed by atoms with E-state index < -0.39 is 11.6 Å². The molecule has 1 aromatic heterocycles. The Balaban J connectivity index is 1.55. The molecule has 126 valence electrons. The number of H-pyrrole nitrogens is 1. The summed E-state index contributed by atoms with van der Waals surface area (Å²) in [5, 5.41) is 1.16. The quantitative estimate of drug-likeness (QED) is 0.740. The summed E-state index contributed by atoms with van der Waals surface area (Å²) in [6.07, 6.45) is 4.73. The molecule has 0 unspecified atom stereocenters. The van der Waals surface area contributed by atoms with Crippen molar-refractivity contribution in [2.45, 2.75) is 6.42 Å². The lowest BCUT2D eigenvalue weighted by molar-refractivity contribution is 0.0772. The van der Waals surface area contributed by atoms with Crippen molar-refractivity contribution in [3.63, 3.8) is 0 Å². The first-order valence-electron chi connectivity index (χ1n) is 8.13. The fourth-order valence-electron chi connectivity index (χ4n) is 3.25. The van der Waals surface area contributed by atoms with Crippen molar-refractivity contribution >= 4 is 22.4 Å². The van der Waals surface area contributed by atoms with E-state index in [1.165, 1.54) is 11.6 Å². The minimum atomic E-state index is -1.00. The van der Waals surface area contributed by atoms with Gasteiger partial charge in [0, 0.05) is 41.3 Å². The van der Waals surface area contributed by atoms with Crippen LogP contribution in [-0.4, -0.2) is 28.9 Å². The third kappa shape index (κ3) is 2.82. The molecule has 1 aliphatic heterocycles. The lowest BCUT2D eigenvalue weighted by Gasteiger charge is -2.26. The second-order valence-electron chi connectivity index (χ2n) is 6.11. The second-order valence-corrected chi connectivity index (χ2v) is 6.11. The van der Waals surface area contributed by atoms with Crippen molar-refractivity contribution in [1.29, 1.82) is 0 Å². The van der Waals surface area contributed by atoms with E-state index >= 15 is 0 Å². The Morgan fingerprint density at radius 1 is 1.08 bits per heavy atom. The maximum Gasteiger partial charge on any atom is 0.254 e. The number of para-hydroxylation sites is 1. The van der Waals surface area contributed by atoms with E-state index in [-0.39, 0.29) is 11.5 Å². The van der Waals surface area contributed by atoms with Crippen LogP contribution in [0.5, 0.6) is 0 Å². The zero-order valence-electron chi connectivity index (χ0n) is 13.4. The molecule has 1 aliphatic rings. The van der Waals surface area contributed by atoms with Crippen molar-refractivity contribution in [3.05, 3.63) is 77.5 Å². The number of rotatable bonds is 2. The molecule has 3 aromatic rings. The standard InChI is InChI=1S/C20H16F2N2O/c21-17-6-5-14(11-18(17)22)20(25)24-9-7-13(8-10-24)16-12-23-19-4-2-1-3-15(16)19/h1-7,11-12,23H,8-10H2. The summed E-state index contributed by atoms with van der Waals surface area (Å²) in [4.78, 5) is 17.4. The molecular formula is C20H16F2N2O. The molecule has 0 saturated heterocycles. The number of nitrogens with zero attached hydrogens (tertiary/aromatic N) is 1. The molecule has 1 amide bonds. The number of hydrogen-bond acceptors (Lipinski definition) is 1. The van der Waals surface area contributed by atoms with Crippen LogP contribution in [0.1, 0.15) is 22.3 Å². The van der Waals surface area contributed by atoms with Gasteiger partial charge in [0.2, 0.25) is 0 Å². The Morgan fingerprint density at radius 2 is 1.92 bits per heavy atom. The van der Waals surface area contributed by atoms with Crippen LogP contribution in [-0.2, 0) is 0 Å². The van der Waals surface area contributed by atoms with Crippen LogP contribution in [0.2, 0.25) is 0 Å².